The van der Waals surface area contributed by atoms with Crippen LogP contribution in [0.3, 0.4) is 0 Å². The lowest BCUT2D eigenvalue weighted by molar-refractivity contribution is -0.123. The van der Waals surface area contributed by atoms with Crippen LogP contribution in [0.4, 0.5) is 0 Å². The van der Waals surface area contributed by atoms with Gasteiger partial charge in [0.2, 0.25) is 5.91 Å². The minimum atomic E-state index is 0.0202. The molecule has 1 unspecified atom stereocenters. The first-order chi connectivity index (χ1) is 10.3. The van der Waals surface area contributed by atoms with Crippen LogP contribution in [0.5, 0.6) is 0 Å². The Morgan fingerprint density at radius 2 is 2.19 bits per heavy atom. The fourth-order valence-electron chi connectivity index (χ4n) is 3.03. The van der Waals surface area contributed by atoms with Gasteiger partial charge < -0.3 is 15.6 Å². The Morgan fingerprint density at radius 3 is 3.05 bits per heavy atom. The Kier molecular flexibility index (Phi) is 4.55. The zero-order valence-corrected chi connectivity index (χ0v) is 12.3. The fraction of sp³-hybridized carbons (Fsp3) is 0.471. The average molecular weight is 285 g/mol. The molecule has 1 aliphatic rings. The molecule has 1 aromatic carbocycles. The molecule has 3 rings (SSSR count). The Labute approximate surface area is 125 Å². The van der Waals surface area contributed by atoms with Gasteiger partial charge in [-0.05, 0) is 43.9 Å². The minimum Gasteiger partial charge on any atom is -0.361 e. The number of carbonyl (C=O) groups excluding carboxylic acids is 1. The molecule has 0 radical (unpaired) electrons. The molecule has 1 saturated heterocycles. The summed E-state index contributed by atoms with van der Waals surface area (Å²) in [6, 6.07) is 8.36. The molecule has 4 nitrogen and oxygen atoms in total. The summed E-state index contributed by atoms with van der Waals surface area (Å²) in [5, 5.41) is 7.62. The highest BCUT2D eigenvalue weighted by Crippen LogP contribution is 2.18. The molecule has 1 amide bonds. The van der Waals surface area contributed by atoms with Crippen molar-refractivity contribution in [2.24, 2.45) is 0 Å². The van der Waals surface area contributed by atoms with Gasteiger partial charge in [0.25, 0.3) is 0 Å². The molecule has 1 atom stereocenters. The van der Waals surface area contributed by atoms with E-state index in [0.29, 0.717) is 0 Å². The molecule has 1 fully saturated rings. The van der Waals surface area contributed by atoms with E-state index in [1.165, 1.54) is 22.9 Å². The van der Waals surface area contributed by atoms with Crippen molar-refractivity contribution in [3.05, 3.63) is 36.0 Å². The van der Waals surface area contributed by atoms with Crippen molar-refractivity contribution >= 4 is 16.8 Å². The summed E-state index contributed by atoms with van der Waals surface area (Å²) in [4.78, 5) is 15.3. The summed E-state index contributed by atoms with van der Waals surface area (Å²) in [5.74, 6) is 0.161. The van der Waals surface area contributed by atoms with E-state index in [-0.39, 0.29) is 11.9 Å². The van der Waals surface area contributed by atoms with E-state index in [2.05, 4.69) is 40.0 Å². The molecule has 0 bridgehead atoms. The number of aryl methyl sites for hydroxylation is 1. The van der Waals surface area contributed by atoms with Crippen molar-refractivity contribution in [1.29, 1.82) is 0 Å². The second-order valence-corrected chi connectivity index (χ2v) is 5.76. The number of para-hydroxylation sites is 1. The van der Waals surface area contributed by atoms with Crippen molar-refractivity contribution < 1.29 is 4.79 Å². The number of H-pyrrole nitrogens is 1. The van der Waals surface area contributed by atoms with Crippen LogP contribution >= 0.6 is 0 Å². The molecule has 0 aliphatic carbocycles. The summed E-state index contributed by atoms with van der Waals surface area (Å²) >= 11 is 0. The SMILES string of the molecule is O=C(NCCCc1c[nH]c2ccccc12)C1CCCCN1. The van der Waals surface area contributed by atoms with Crippen LogP contribution in [0.25, 0.3) is 10.9 Å². The molecule has 1 aromatic heterocycles. The summed E-state index contributed by atoms with van der Waals surface area (Å²) in [5.41, 5.74) is 2.51. The van der Waals surface area contributed by atoms with Crippen LogP contribution in [0.1, 0.15) is 31.2 Å². The highest BCUT2D eigenvalue weighted by Gasteiger charge is 2.19. The summed E-state index contributed by atoms with van der Waals surface area (Å²) in [6.45, 7) is 1.71. The average Bonchev–Trinajstić information content (AvgIpc) is 2.95. The lowest BCUT2D eigenvalue weighted by Gasteiger charge is -2.22. The second kappa shape index (κ2) is 6.76. The Bertz CT molecular complexity index is 599. The predicted octanol–water partition coefficient (Wildman–Crippen LogP) is 2.36. The van der Waals surface area contributed by atoms with E-state index in [1.54, 1.807) is 0 Å². The molecule has 1 aliphatic heterocycles. The number of nitrogens with one attached hydrogen (secondary N) is 3. The number of hydrogen-bond acceptors (Lipinski definition) is 2. The number of rotatable bonds is 5. The van der Waals surface area contributed by atoms with Crippen LogP contribution in [0.2, 0.25) is 0 Å². The highest BCUT2D eigenvalue weighted by atomic mass is 16.2. The third kappa shape index (κ3) is 3.45. The molecule has 0 spiro atoms. The minimum absolute atomic E-state index is 0.0202. The Morgan fingerprint density at radius 1 is 1.29 bits per heavy atom. The van der Waals surface area contributed by atoms with Crippen molar-refractivity contribution in [3.8, 4) is 0 Å². The zero-order valence-electron chi connectivity index (χ0n) is 12.3. The maximum atomic E-state index is 12.0. The molecule has 2 aromatic rings. The van der Waals surface area contributed by atoms with E-state index < -0.39 is 0 Å². The number of hydrogen-bond donors (Lipinski definition) is 3. The van der Waals surface area contributed by atoms with Crippen LogP contribution in [0.15, 0.2) is 30.5 Å². The van der Waals surface area contributed by atoms with Crippen LogP contribution in [-0.2, 0) is 11.2 Å². The number of aromatic amines is 1. The first kappa shape index (κ1) is 14.1. The highest BCUT2D eigenvalue weighted by molar-refractivity contribution is 5.83. The number of benzene rings is 1. The van der Waals surface area contributed by atoms with Gasteiger partial charge in [0.1, 0.15) is 0 Å². The smallest absolute Gasteiger partial charge is 0.237 e. The molecule has 3 N–H and O–H groups in total. The van der Waals surface area contributed by atoms with Gasteiger partial charge >= 0.3 is 0 Å². The summed E-state index contributed by atoms with van der Waals surface area (Å²) in [7, 11) is 0. The van der Waals surface area contributed by atoms with Gasteiger partial charge in [-0.15, -0.1) is 0 Å². The lowest BCUT2D eigenvalue weighted by Crippen LogP contribution is -2.46. The van der Waals surface area contributed by atoms with E-state index in [1.807, 2.05) is 6.07 Å². The van der Waals surface area contributed by atoms with E-state index in [9.17, 15) is 4.79 Å². The van der Waals surface area contributed by atoms with E-state index >= 15 is 0 Å². The molecular formula is C17H23N3O. The van der Waals surface area contributed by atoms with Gasteiger partial charge in [0, 0.05) is 23.6 Å². The van der Waals surface area contributed by atoms with Crippen molar-refractivity contribution in [1.82, 2.24) is 15.6 Å². The third-order valence-electron chi connectivity index (χ3n) is 4.22. The van der Waals surface area contributed by atoms with Gasteiger partial charge in [-0.3, -0.25) is 4.79 Å². The molecule has 21 heavy (non-hydrogen) atoms. The largest absolute Gasteiger partial charge is 0.361 e. The monoisotopic (exact) mass is 285 g/mol. The van der Waals surface area contributed by atoms with Crippen LogP contribution < -0.4 is 10.6 Å². The van der Waals surface area contributed by atoms with Gasteiger partial charge in [-0.25, -0.2) is 0 Å². The molecule has 4 heteroatoms. The number of carbonyl (C=O) groups is 1. The molecule has 112 valence electrons. The van der Waals surface area contributed by atoms with Crippen molar-refractivity contribution in [2.45, 2.75) is 38.1 Å². The van der Waals surface area contributed by atoms with Gasteiger partial charge in [-0.2, -0.15) is 0 Å². The number of fused-ring (bicyclic) bond motifs is 1. The molecule has 2 heterocycles. The van der Waals surface area contributed by atoms with E-state index in [0.717, 1.165) is 38.8 Å². The van der Waals surface area contributed by atoms with Gasteiger partial charge in [-0.1, -0.05) is 24.6 Å². The quantitative estimate of drug-likeness (QED) is 0.739. The topological polar surface area (TPSA) is 56.9 Å². The van der Waals surface area contributed by atoms with Gasteiger partial charge in [0.15, 0.2) is 0 Å². The summed E-state index contributed by atoms with van der Waals surface area (Å²) < 4.78 is 0. The lowest BCUT2D eigenvalue weighted by atomic mass is 10.0. The first-order valence-electron chi connectivity index (χ1n) is 7.91. The maximum Gasteiger partial charge on any atom is 0.237 e. The molecular weight excluding hydrogens is 262 g/mol. The number of aromatic nitrogens is 1. The first-order valence-corrected chi connectivity index (χ1v) is 7.91. The number of piperidine rings is 1. The normalized spacial score (nSPS) is 18.8. The van der Waals surface area contributed by atoms with Gasteiger partial charge in [0.05, 0.1) is 6.04 Å². The second-order valence-electron chi connectivity index (χ2n) is 5.76. The summed E-state index contributed by atoms with van der Waals surface area (Å²) in [6.07, 6.45) is 7.34. The fourth-order valence-corrected chi connectivity index (χ4v) is 3.03. The van der Waals surface area contributed by atoms with Crippen LogP contribution in [-0.4, -0.2) is 30.0 Å². The standard InChI is InChI=1S/C17H23N3O/c21-17(16-9-3-4-10-18-16)19-11-5-6-13-12-20-15-8-2-1-7-14(13)15/h1-2,7-8,12,16,18,20H,3-6,9-11H2,(H,19,21). The Balaban J connectivity index is 1.44. The van der Waals surface area contributed by atoms with Crippen LogP contribution in [0, 0.1) is 0 Å². The van der Waals surface area contributed by atoms with Crippen molar-refractivity contribution in [3.63, 3.8) is 0 Å². The number of amides is 1. The van der Waals surface area contributed by atoms with Crippen molar-refractivity contribution in [2.75, 3.05) is 13.1 Å². The molecule has 0 saturated carbocycles. The van der Waals surface area contributed by atoms with E-state index in [4.69, 9.17) is 0 Å². The predicted molar refractivity (Wildman–Crippen MR) is 85.3 cm³/mol. The maximum absolute atomic E-state index is 12.0. The third-order valence-corrected chi connectivity index (χ3v) is 4.22. The zero-order chi connectivity index (χ0) is 14.5. The Hall–Kier alpha value is -1.81.